The van der Waals surface area contributed by atoms with Gasteiger partial charge in [0.1, 0.15) is 0 Å². The third-order valence-electron chi connectivity index (χ3n) is 3.37. The number of carbonyl (C=O) groups excluding carboxylic acids is 1. The minimum Gasteiger partial charge on any atom is -0.304 e. The Morgan fingerprint density at radius 2 is 1.94 bits per heavy atom. The summed E-state index contributed by atoms with van der Waals surface area (Å²) in [6.45, 7) is 8.66. The molecule has 0 saturated carbocycles. The summed E-state index contributed by atoms with van der Waals surface area (Å²) < 4.78 is 0. The van der Waals surface area contributed by atoms with Gasteiger partial charge in [-0.1, -0.05) is 17.7 Å². The van der Waals surface area contributed by atoms with Gasteiger partial charge in [0.25, 0.3) is 0 Å². The molecule has 1 amide bonds. The zero-order valence-corrected chi connectivity index (χ0v) is 12.0. The van der Waals surface area contributed by atoms with E-state index in [0.29, 0.717) is 5.02 Å². The molecule has 1 N–H and O–H groups in total. The molecule has 0 atom stereocenters. The van der Waals surface area contributed by atoms with Crippen molar-refractivity contribution in [2.24, 2.45) is 0 Å². The van der Waals surface area contributed by atoms with Crippen molar-refractivity contribution >= 4 is 23.2 Å². The van der Waals surface area contributed by atoms with Crippen LogP contribution < -0.4 is 10.2 Å². The average molecular weight is 267 g/mol. The highest BCUT2D eigenvalue weighted by Gasteiger charge is 2.45. The van der Waals surface area contributed by atoms with Crippen LogP contribution in [0, 0.1) is 0 Å². The average Bonchev–Trinajstić information content (AvgIpc) is 2.25. The summed E-state index contributed by atoms with van der Waals surface area (Å²) in [5.41, 5.74) is 0.0434. The van der Waals surface area contributed by atoms with Crippen molar-refractivity contribution in [1.82, 2.24) is 5.32 Å². The lowest BCUT2D eigenvalue weighted by Crippen LogP contribution is -2.69. The monoisotopic (exact) mass is 266 g/mol. The van der Waals surface area contributed by atoms with Gasteiger partial charge in [-0.25, -0.2) is 0 Å². The molecular formula is C14H19ClN2O. The quantitative estimate of drug-likeness (QED) is 0.848. The number of halogens is 1. The molecule has 98 valence electrons. The highest BCUT2D eigenvalue weighted by molar-refractivity contribution is 6.31. The van der Waals surface area contributed by atoms with Crippen LogP contribution in [0.3, 0.4) is 0 Å². The van der Waals surface area contributed by atoms with E-state index in [1.165, 1.54) is 0 Å². The Bertz CT molecular complexity index is 482. The van der Waals surface area contributed by atoms with Crippen molar-refractivity contribution in [1.29, 1.82) is 0 Å². The van der Waals surface area contributed by atoms with Crippen LogP contribution in [-0.2, 0) is 4.79 Å². The topological polar surface area (TPSA) is 32.3 Å². The molecule has 1 aliphatic heterocycles. The number of nitrogens with one attached hydrogen (secondary N) is 1. The molecule has 0 bridgehead atoms. The van der Waals surface area contributed by atoms with Crippen molar-refractivity contribution in [3.05, 3.63) is 29.3 Å². The summed E-state index contributed by atoms with van der Waals surface area (Å²) in [5.74, 6) is 0.0704. The predicted molar refractivity (Wildman–Crippen MR) is 75.1 cm³/mol. The number of nitrogens with zero attached hydrogens (tertiary/aromatic N) is 1. The van der Waals surface area contributed by atoms with Crippen molar-refractivity contribution in [3.8, 4) is 0 Å². The maximum atomic E-state index is 12.6. The van der Waals surface area contributed by atoms with Gasteiger partial charge in [0, 0.05) is 17.3 Å². The Balaban J connectivity index is 2.47. The fourth-order valence-electron chi connectivity index (χ4n) is 2.23. The summed E-state index contributed by atoms with van der Waals surface area (Å²) >= 11 is 6.02. The van der Waals surface area contributed by atoms with Crippen LogP contribution in [0.2, 0.25) is 5.02 Å². The zero-order chi connectivity index (χ0) is 13.6. The smallest absolute Gasteiger partial charge is 0.247 e. The maximum absolute atomic E-state index is 12.6. The van der Waals surface area contributed by atoms with E-state index in [-0.39, 0.29) is 11.4 Å². The fraction of sp³-hybridized carbons (Fsp3) is 0.500. The molecule has 1 saturated heterocycles. The van der Waals surface area contributed by atoms with E-state index in [1.807, 2.05) is 56.9 Å². The summed E-state index contributed by atoms with van der Waals surface area (Å²) in [4.78, 5) is 14.4. The largest absolute Gasteiger partial charge is 0.304 e. The van der Waals surface area contributed by atoms with Crippen LogP contribution in [0.25, 0.3) is 0 Å². The number of benzene rings is 1. The van der Waals surface area contributed by atoms with Gasteiger partial charge in [0.15, 0.2) is 0 Å². The first-order valence-electron chi connectivity index (χ1n) is 6.09. The molecule has 0 aromatic heterocycles. The third-order valence-corrected chi connectivity index (χ3v) is 3.61. The molecular weight excluding hydrogens is 248 g/mol. The number of hydrogen-bond donors (Lipinski definition) is 1. The fourth-order valence-corrected chi connectivity index (χ4v) is 2.41. The molecule has 3 nitrogen and oxygen atoms in total. The molecule has 0 aliphatic carbocycles. The molecule has 1 aromatic rings. The van der Waals surface area contributed by atoms with Crippen LogP contribution >= 0.6 is 11.6 Å². The van der Waals surface area contributed by atoms with E-state index in [2.05, 4.69) is 5.32 Å². The SMILES string of the molecule is CC1(C)NCC(C)(C)N(c2cccc(Cl)c2)C1=O. The van der Waals surface area contributed by atoms with Gasteiger partial charge in [-0.15, -0.1) is 0 Å². The lowest BCUT2D eigenvalue weighted by Gasteiger charge is -2.48. The molecule has 1 aliphatic rings. The summed E-state index contributed by atoms with van der Waals surface area (Å²) in [6.07, 6.45) is 0. The molecule has 4 heteroatoms. The Labute approximate surface area is 113 Å². The summed E-state index contributed by atoms with van der Waals surface area (Å²) in [6, 6.07) is 7.45. The Morgan fingerprint density at radius 1 is 1.28 bits per heavy atom. The van der Waals surface area contributed by atoms with Crippen LogP contribution in [0.15, 0.2) is 24.3 Å². The number of anilines is 1. The number of piperazine rings is 1. The minimum atomic E-state index is -0.544. The predicted octanol–water partition coefficient (Wildman–Crippen LogP) is 2.83. The molecule has 1 aromatic carbocycles. The molecule has 0 unspecified atom stereocenters. The van der Waals surface area contributed by atoms with Crippen molar-refractivity contribution in [2.75, 3.05) is 11.4 Å². The maximum Gasteiger partial charge on any atom is 0.247 e. The second-order valence-electron chi connectivity index (χ2n) is 5.91. The number of amides is 1. The second-order valence-corrected chi connectivity index (χ2v) is 6.35. The third kappa shape index (κ3) is 2.25. The van der Waals surface area contributed by atoms with E-state index in [0.717, 1.165) is 12.2 Å². The van der Waals surface area contributed by atoms with Gasteiger partial charge in [0.05, 0.1) is 11.1 Å². The second kappa shape index (κ2) is 4.25. The van der Waals surface area contributed by atoms with Crippen LogP contribution in [-0.4, -0.2) is 23.5 Å². The van der Waals surface area contributed by atoms with Crippen LogP contribution in [0.1, 0.15) is 27.7 Å². The van der Waals surface area contributed by atoms with E-state index in [1.54, 1.807) is 0 Å². The molecule has 2 rings (SSSR count). The normalized spacial score (nSPS) is 22.1. The number of rotatable bonds is 1. The van der Waals surface area contributed by atoms with E-state index in [9.17, 15) is 4.79 Å². The first kappa shape index (κ1) is 13.4. The van der Waals surface area contributed by atoms with Gasteiger partial charge >= 0.3 is 0 Å². The minimum absolute atomic E-state index is 0.0704. The number of hydrogen-bond acceptors (Lipinski definition) is 2. The first-order chi connectivity index (χ1) is 8.24. The lowest BCUT2D eigenvalue weighted by molar-refractivity contribution is -0.126. The van der Waals surface area contributed by atoms with Crippen molar-refractivity contribution in [2.45, 2.75) is 38.8 Å². The van der Waals surface area contributed by atoms with E-state index >= 15 is 0 Å². The molecule has 1 heterocycles. The summed E-state index contributed by atoms with van der Waals surface area (Å²) in [7, 11) is 0. The van der Waals surface area contributed by atoms with Gasteiger partial charge in [-0.2, -0.15) is 0 Å². The van der Waals surface area contributed by atoms with E-state index in [4.69, 9.17) is 11.6 Å². The Hall–Kier alpha value is -1.06. The first-order valence-corrected chi connectivity index (χ1v) is 6.47. The van der Waals surface area contributed by atoms with E-state index < -0.39 is 5.54 Å². The zero-order valence-electron chi connectivity index (χ0n) is 11.2. The summed E-state index contributed by atoms with van der Waals surface area (Å²) in [5, 5.41) is 3.93. The molecule has 0 spiro atoms. The Morgan fingerprint density at radius 3 is 2.56 bits per heavy atom. The van der Waals surface area contributed by atoms with Gasteiger partial charge in [0.2, 0.25) is 5.91 Å². The Kier molecular flexibility index (Phi) is 3.16. The van der Waals surface area contributed by atoms with Crippen LogP contribution in [0.5, 0.6) is 0 Å². The number of carbonyl (C=O) groups is 1. The van der Waals surface area contributed by atoms with Crippen molar-refractivity contribution in [3.63, 3.8) is 0 Å². The molecule has 1 fully saturated rings. The molecule has 18 heavy (non-hydrogen) atoms. The molecule has 0 radical (unpaired) electrons. The van der Waals surface area contributed by atoms with Crippen molar-refractivity contribution < 1.29 is 4.79 Å². The van der Waals surface area contributed by atoms with Gasteiger partial charge < -0.3 is 10.2 Å². The standard InChI is InChI=1S/C14H19ClN2O/c1-13(2)9-16-14(3,4)12(18)17(13)11-7-5-6-10(15)8-11/h5-8,16H,9H2,1-4H3. The highest BCUT2D eigenvalue weighted by Crippen LogP contribution is 2.31. The highest BCUT2D eigenvalue weighted by atomic mass is 35.5. The lowest BCUT2D eigenvalue weighted by atomic mass is 9.90. The van der Waals surface area contributed by atoms with Gasteiger partial charge in [-0.05, 0) is 45.9 Å². The van der Waals surface area contributed by atoms with Gasteiger partial charge in [-0.3, -0.25) is 4.79 Å². The van der Waals surface area contributed by atoms with Crippen LogP contribution in [0.4, 0.5) is 5.69 Å².